The number of aryl methyl sites for hydroxylation is 1. The lowest BCUT2D eigenvalue weighted by Crippen LogP contribution is -2.36. The van der Waals surface area contributed by atoms with Gasteiger partial charge in [-0.25, -0.2) is 0 Å². The van der Waals surface area contributed by atoms with Gasteiger partial charge in [0.2, 0.25) is 5.91 Å². The van der Waals surface area contributed by atoms with E-state index in [4.69, 9.17) is 21.1 Å². The summed E-state index contributed by atoms with van der Waals surface area (Å²) in [6.45, 7) is 2.34. The molecule has 0 saturated heterocycles. The lowest BCUT2D eigenvalue weighted by Gasteiger charge is -2.15. The van der Waals surface area contributed by atoms with E-state index >= 15 is 0 Å². The van der Waals surface area contributed by atoms with Crippen LogP contribution in [0.1, 0.15) is 18.9 Å². The molecule has 0 heterocycles. The topological polar surface area (TPSA) is 47.6 Å². The smallest absolute Gasteiger partial charge is 0.220 e. The van der Waals surface area contributed by atoms with E-state index in [1.54, 1.807) is 7.11 Å². The number of amides is 1. The highest BCUT2D eigenvalue weighted by Crippen LogP contribution is 2.17. The molecule has 1 N–H and O–H groups in total. The molecule has 0 aliphatic carbocycles. The minimum atomic E-state index is -0.0650. The molecular weight excluding hydrogens is 326 g/mol. The zero-order chi connectivity index (χ0) is 17.4. The molecule has 5 heteroatoms. The molecule has 0 bridgehead atoms. The molecule has 2 aromatic carbocycles. The van der Waals surface area contributed by atoms with E-state index in [0.29, 0.717) is 24.5 Å². The fraction of sp³-hybridized carbons (Fsp3) is 0.316. The van der Waals surface area contributed by atoms with Crippen LogP contribution in [0.25, 0.3) is 0 Å². The van der Waals surface area contributed by atoms with Crippen molar-refractivity contribution in [1.29, 1.82) is 0 Å². The summed E-state index contributed by atoms with van der Waals surface area (Å²) < 4.78 is 10.8. The summed E-state index contributed by atoms with van der Waals surface area (Å²) >= 11 is 5.85. The first kappa shape index (κ1) is 18.1. The Kier molecular flexibility index (Phi) is 6.94. The quantitative estimate of drug-likeness (QED) is 0.788. The highest BCUT2D eigenvalue weighted by atomic mass is 35.5. The van der Waals surface area contributed by atoms with E-state index in [-0.39, 0.29) is 11.9 Å². The third-order valence-corrected chi connectivity index (χ3v) is 3.77. The largest absolute Gasteiger partial charge is 0.497 e. The molecule has 0 unspecified atom stereocenters. The summed E-state index contributed by atoms with van der Waals surface area (Å²) in [5, 5.41) is 3.64. The van der Waals surface area contributed by atoms with Crippen molar-refractivity contribution in [2.45, 2.75) is 25.8 Å². The van der Waals surface area contributed by atoms with Crippen molar-refractivity contribution >= 4 is 17.5 Å². The molecular formula is C19H22ClNO3. The Labute approximate surface area is 147 Å². The molecule has 0 radical (unpaired) electrons. The van der Waals surface area contributed by atoms with Gasteiger partial charge in [0.15, 0.2) is 0 Å². The van der Waals surface area contributed by atoms with Crippen molar-refractivity contribution in [3.8, 4) is 11.5 Å². The highest BCUT2D eigenvalue weighted by molar-refractivity contribution is 6.30. The molecule has 4 nitrogen and oxygen atoms in total. The van der Waals surface area contributed by atoms with E-state index in [2.05, 4.69) is 5.32 Å². The summed E-state index contributed by atoms with van der Waals surface area (Å²) in [4.78, 5) is 12.0. The average Bonchev–Trinajstić information content (AvgIpc) is 2.60. The summed E-state index contributed by atoms with van der Waals surface area (Å²) in [6, 6.07) is 14.8. The zero-order valence-corrected chi connectivity index (χ0v) is 14.7. The Bertz CT molecular complexity index is 641. The van der Waals surface area contributed by atoms with Crippen LogP contribution in [0, 0.1) is 0 Å². The fourth-order valence-corrected chi connectivity index (χ4v) is 2.32. The Morgan fingerprint density at radius 2 is 1.71 bits per heavy atom. The van der Waals surface area contributed by atoms with Gasteiger partial charge in [0, 0.05) is 11.4 Å². The van der Waals surface area contributed by atoms with Crippen LogP contribution < -0.4 is 14.8 Å². The van der Waals surface area contributed by atoms with Crippen LogP contribution in [0.15, 0.2) is 48.5 Å². The number of carbonyl (C=O) groups is 1. The van der Waals surface area contributed by atoms with E-state index in [9.17, 15) is 4.79 Å². The maximum atomic E-state index is 12.0. The second kappa shape index (κ2) is 9.18. The number of hydrogen-bond donors (Lipinski definition) is 1. The number of nitrogens with one attached hydrogen (secondary N) is 1. The molecule has 1 atom stereocenters. The number of benzene rings is 2. The standard InChI is InChI=1S/C19H22ClNO3/c1-14(13-24-18-10-8-17(23-2)9-11-18)21-19(22)12-5-15-3-6-16(20)7-4-15/h3-4,6-11,14H,5,12-13H2,1-2H3,(H,21,22)/t14-/m1/s1. The van der Waals surface area contributed by atoms with Crippen molar-refractivity contribution in [1.82, 2.24) is 5.32 Å². The van der Waals surface area contributed by atoms with Gasteiger partial charge in [-0.15, -0.1) is 0 Å². The van der Waals surface area contributed by atoms with Gasteiger partial charge in [0.25, 0.3) is 0 Å². The number of ether oxygens (including phenoxy) is 2. The predicted octanol–water partition coefficient (Wildman–Crippen LogP) is 3.86. The van der Waals surface area contributed by atoms with Crippen molar-refractivity contribution in [3.63, 3.8) is 0 Å². The van der Waals surface area contributed by atoms with Crippen molar-refractivity contribution in [2.75, 3.05) is 13.7 Å². The number of halogens is 1. The first-order valence-electron chi connectivity index (χ1n) is 7.87. The second-order valence-electron chi connectivity index (χ2n) is 5.58. The number of hydrogen-bond acceptors (Lipinski definition) is 3. The first-order chi connectivity index (χ1) is 11.6. The van der Waals surface area contributed by atoms with Crippen LogP contribution in [-0.4, -0.2) is 25.7 Å². The molecule has 0 aromatic heterocycles. The van der Waals surface area contributed by atoms with Gasteiger partial charge in [0.05, 0.1) is 13.2 Å². The Morgan fingerprint density at radius 3 is 2.33 bits per heavy atom. The summed E-state index contributed by atoms with van der Waals surface area (Å²) in [5.74, 6) is 1.54. The normalized spacial score (nSPS) is 11.6. The van der Waals surface area contributed by atoms with Gasteiger partial charge in [-0.2, -0.15) is 0 Å². The van der Waals surface area contributed by atoms with E-state index in [1.807, 2.05) is 55.5 Å². The van der Waals surface area contributed by atoms with Crippen LogP contribution in [0.2, 0.25) is 5.02 Å². The average molecular weight is 348 g/mol. The predicted molar refractivity (Wildman–Crippen MR) is 95.9 cm³/mol. The molecule has 2 aromatic rings. The van der Waals surface area contributed by atoms with E-state index < -0.39 is 0 Å². The van der Waals surface area contributed by atoms with Crippen LogP contribution in [-0.2, 0) is 11.2 Å². The lowest BCUT2D eigenvalue weighted by atomic mass is 10.1. The molecule has 0 saturated carbocycles. The zero-order valence-electron chi connectivity index (χ0n) is 13.9. The van der Waals surface area contributed by atoms with Gasteiger partial charge in [-0.05, 0) is 55.3 Å². The van der Waals surface area contributed by atoms with Crippen LogP contribution in [0.5, 0.6) is 11.5 Å². The van der Waals surface area contributed by atoms with Crippen molar-refractivity contribution < 1.29 is 14.3 Å². The molecule has 1 amide bonds. The maximum Gasteiger partial charge on any atom is 0.220 e. The van der Waals surface area contributed by atoms with Gasteiger partial charge in [-0.1, -0.05) is 23.7 Å². The van der Waals surface area contributed by atoms with Gasteiger partial charge >= 0.3 is 0 Å². The lowest BCUT2D eigenvalue weighted by molar-refractivity contribution is -0.121. The number of rotatable bonds is 8. The Hall–Kier alpha value is -2.20. The minimum absolute atomic E-state index is 0.00998. The summed E-state index contributed by atoms with van der Waals surface area (Å²) in [6.07, 6.45) is 1.13. The second-order valence-corrected chi connectivity index (χ2v) is 6.02. The van der Waals surface area contributed by atoms with Crippen molar-refractivity contribution in [2.24, 2.45) is 0 Å². The van der Waals surface area contributed by atoms with E-state index in [0.717, 1.165) is 17.1 Å². The molecule has 24 heavy (non-hydrogen) atoms. The molecule has 0 aliphatic rings. The fourth-order valence-electron chi connectivity index (χ4n) is 2.19. The summed E-state index contributed by atoms with van der Waals surface area (Å²) in [5.41, 5.74) is 1.09. The molecule has 0 spiro atoms. The number of methoxy groups -OCH3 is 1. The van der Waals surface area contributed by atoms with Gasteiger partial charge in [0.1, 0.15) is 18.1 Å². The molecule has 2 rings (SSSR count). The monoisotopic (exact) mass is 347 g/mol. The van der Waals surface area contributed by atoms with Crippen molar-refractivity contribution in [3.05, 3.63) is 59.1 Å². The Morgan fingerprint density at radius 1 is 1.08 bits per heavy atom. The summed E-state index contributed by atoms with van der Waals surface area (Å²) in [7, 11) is 1.62. The number of carbonyl (C=O) groups excluding carboxylic acids is 1. The molecule has 128 valence electrons. The highest BCUT2D eigenvalue weighted by Gasteiger charge is 2.08. The SMILES string of the molecule is COc1ccc(OC[C@@H](C)NC(=O)CCc2ccc(Cl)cc2)cc1. The third kappa shape index (κ3) is 6.13. The van der Waals surface area contributed by atoms with Crippen LogP contribution in [0.4, 0.5) is 0 Å². The molecule has 0 fully saturated rings. The Balaban J connectivity index is 1.69. The third-order valence-electron chi connectivity index (χ3n) is 3.52. The minimum Gasteiger partial charge on any atom is -0.497 e. The first-order valence-corrected chi connectivity index (χ1v) is 8.25. The van der Waals surface area contributed by atoms with E-state index in [1.165, 1.54) is 0 Å². The maximum absolute atomic E-state index is 12.0. The van der Waals surface area contributed by atoms with Gasteiger partial charge < -0.3 is 14.8 Å². The van der Waals surface area contributed by atoms with Gasteiger partial charge in [-0.3, -0.25) is 4.79 Å². The molecule has 0 aliphatic heterocycles. The van der Waals surface area contributed by atoms with Crippen LogP contribution >= 0.6 is 11.6 Å². The van der Waals surface area contributed by atoms with Crippen LogP contribution in [0.3, 0.4) is 0 Å².